The molecule has 0 radical (unpaired) electrons. The Hall–Kier alpha value is -2.45. The first-order chi connectivity index (χ1) is 10.2. The number of fused-ring (bicyclic) bond motifs is 1. The molecule has 2 aromatic rings. The Bertz CT molecular complexity index is 730. The largest absolute Gasteiger partial charge is 0.454 e. The molecule has 1 aliphatic heterocycles. The average molecular weight is 305 g/mol. The van der Waals surface area contributed by atoms with Gasteiger partial charge in [0.15, 0.2) is 11.5 Å². The SMILES string of the molecule is N#CC(Nc1ccccc1F)c1cc(Cl)c2c(c1)OCO2. The normalized spacial score (nSPS) is 13.6. The lowest BCUT2D eigenvalue weighted by Gasteiger charge is -2.15. The first-order valence-electron chi connectivity index (χ1n) is 6.19. The molecule has 6 heteroatoms. The highest BCUT2D eigenvalue weighted by Crippen LogP contribution is 2.41. The summed E-state index contributed by atoms with van der Waals surface area (Å²) in [7, 11) is 0. The highest BCUT2D eigenvalue weighted by atomic mass is 35.5. The third-order valence-corrected chi connectivity index (χ3v) is 3.37. The van der Waals surface area contributed by atoms with E-state index in [1.807, 2.05) is 0 Å². The Morgan fingerprint density at radius 3 is 2.86 bits per heavy atom. The van der Waals surface area contributed by atoms with E-state index in [1.54, 1.807) is 30.3 Å². The van der Waals surface area contributed by atoms with Crippen molar-refractivity contribution < 1.29 is 13.9 Å². The zero-order valence-corrected chi connectivity index (χ0v) is 11.5. The van der Waals surface area contributed by atoms with Gasteiger partial charge in [-0.25, -0.2) is 4.39 Å². The fourth-order valence-corrected chi connectivity index (χ4v) is 2.35. The van der Waals surface area contributed by atoms with Crippen molar-refractivity contribution in [3.05, 3.63) is 52.8 Å². The van der Waals surface area contributed by atoms with E-state index >= 15 is 0 Å². The fourth-order valence-electron chi connectivity index (χ4n) is 2.08. The summed E-state index contributed by atoms with van der Waals surface area (Å²) < 4.78 is 24.1. The molecule has 1 aliphatic rings. The van der Waals surface area contributed by atoms with Crippen LogP contribution in [0.4, 0.5) is 10.1 Å². The second kappa shape index (κ2) is 5.51. The minimum absolute atomic E-state index is 0.0937. The molecule has 1 atom stereocenters. The average Bonchev–Trinajstić information content (AvgIpc) is 2.95. The van der Waals surface area contributed by atoms with Gasteiger partial charge in [-0.3, -0.25) is 0 Å². The van der Waals surface area contributed by atoms with Crippen molar-refractivity contribution in [2.45, 2.75) is 6.04 Å². The molecule has 3 rings (SSSR count). The van der Waals surface area contributed by atoms with Crippen molar-refractivity contribution in [2.75, 3.05) is 12.1 Å². The van der Waals surface area contributed by atoms with Crippen LogP contribution < -0.4 is 14.8 Å². The number of hydrogen-bond acceptors (Lipinski definition) is 4. The standard InChI is InChI=1S/C15H10ClFN2O2/c16-10-5-9(6-14-15(10)21-8-20-14)13(7-18)19-12-4-2-1-3-11(12)17/h1-6,13,19H,8H2. The van der Waals surface area contributed by atoms with Crippen molar-refractivity contribution in [1.29, 1.82) is 5.26 Å². The summed E-state index contributed by atoms with van der Waals surface area (Å²) in [6.07, 6.45) is 0. The number of benzene rings is 2. The quantitative estimate of drug-likeness (QED) is 0.935. The van der Waals surface area contributed by atoms with Crippen LogP contribution in [0.25, 0.3) is 0 Å². The number of para-hydroxylation sites is 1. The predicted octanol–water partition coefficient (Wildman–Crippen LogP) is 3.88. The molecule has 0 saturated carbocycles. The summed E-state index contributed by atoms with van der Waals surface area (Å²) in [5, 5.41) is 12.5. The van der Waals surface area contributed by atoms with E-state index in [1.165, 1.54) is 6.07 Å². The van der Waals surface area contributed by atoms with Gasteiger partial charge >= 0.3 is 0 Å². The fraction of sp³-hybridized carbons (Fsp3) is 0.133. The first kappa shape index (κ1) is 13.5. The van der Waals surface area contributed by atoms with Gasteiger partial charge in [-0.05, 0) is 29.8 Å². The lowest BCUT2D eigenvalue weighted by Crippen LogP contribution is -2.09. The zero-order valence-electron chi connectivity index (χ0n) is 10.8. The van der Waals surface area contributed by atoms with E-state index in [0.29, 0.717) is 22.1 Å². The zero-order chi connectivity index (χ0) is 14.8. The Morgan fingerprint density at radius 2 is 2.10 bits per heavy atom. The maximum atomic E-state index is 13.7. The van der Waals surface area contributed by atoms with Gasteiger partial charge in [-0.1, -0.05) is 23.7 Å². The minimum atomic E-state index is -0.756. The summed E-state index contributed by atoms with van der Waals surface area (Å²) in [6.45, 7) is 0.0937. The maximum Gasteiger partial charge on any atom is 0.231 e. The van der Waals surface area contributed by atoms with Gasteiger partial charge in [0.2, 0.25) is 6.79 Å². The van der Waals surface area contributed by atoms with Crippen molar-refractivity contribution in [1.82, 2.24) is 0 Å². The van der Waals surface area contributed by atoms with E-state index in [0.717, 1.165) is 0 Å². The second-order valence-electron chi connectivity index (χ2n) is 4.42. The highest BCUT2D eigenvalue weighted by Gasteiger charge is 2.22. The summed E-state index contributed by atoms with van der Waals surface area (Å²) in [5.41, 5.74) is 0.827. The summed E-state index contributed by atoms with van der Waals surface area (Å²) in [4.78, 5) is 0. The van der Waals surface area contributed by atoms with Gasteiger partial charge in [0.25, 0.3) is 0 Å². The Balaban J connectivity index is 1.93. The van der Waals surface area contributed by atoms with E-state index in [4.69, 9.17) is 21.1 Å². The van der Waals surface area contributed by atoms with Gasteiger partial charge in [0.05, 0.1) is 16.8 Å². The van der Waals surface area contributed by atoms with Crippen LogP contribution in [0.2, 0.25) is 5.02 Å². The van der Waals surface area contributed by atoms with Crippen molar-refractivity contribution in [3.63, 3.8) is 0 Å². The molecule has 0 aliphatic carbocycles. The molecule has 0 fully saturated rings. The van der Waals surface area contributed by atoms with Crippen molar-refractivity contribution >= 4 is 17.3 Å². The van der Waals surface area contributed by atoms with Gasteiger partial charge in [0.1, 0.15) is 11.9 Å². The molecule has 0 aromatic heterocycles. The monoisotopic (exact) mass is 304 g/mol. The molecular formula is C15H10ClFN2O2. The summed E-state index contributed by atoms with van der Waals surface area (Å²) in [6, 6.07) is 10.8. The van der Waals surface area contributed by atoms with E-state index < -0.39 is 11.9 Å². The van der Waals surface area contributed by atoms with Crippen LogP contribution in [-0.2, 0) is 0 Å². The molecule has 1 heterocycles. The summed E-state index contributed by atoms with van der Waals surface area (Å²) >= 11 is 6.09. The molecule has 1 N–H and O–H groups in total. The number of nitrogens with zero attached hydrogens (tertiary/aromatic N) is 1. The number of ether oxygens (including phenoxy) is 2. The second-order valence-corrected chi connectivity index (χ2v) is 4.83. The van der Waals surface area contributed by atoms with Crippen molar-refractivity contribution in [2.24, 2.45) is 0 Å². The molecule has 106 valence electrons. The molecule has 0 saturated heterocycles. The van der Waals surface area contributed by atoms with E-state index in [-0.39, 0.29) is 12.5 Å². The van der Waals surface area contributed by atoms with Crippen LogP contribution in [0, 0.1) is 17.1 Å². The highest BCUT2D eigenvalue weighted by molar-refractivity contribution is 6.32. The third kappa shape index (κ3) is 2.58. The van der Waals surface area contributed by atoms with Crippen LogP contribution in [-0.4, -0.2) is 6.79 Å². The number of hydrogen-bond donors (Lipinski definition) is 1. The number of halogens is 2. The number of anilines is 1. The number of nitrogens with one attached hydrogen (secondary N) is 1. The predicted molar refractivity (Wildman–Crippen MR) is 76.0 cm³/mol. The van der Waals surface area contributed by atoms with E-state index in [9.17, 15) is 9.65 Å². The topological polar surface area (TPSA) is 54.3 Å². The van der Waals surface area contributed by atoms with Crippen LogP contribution in [0.5, 0.6) is 11.5 Å². The van der Waals surface area contributed by atoms with Gasteiger partial charge < -0.3 is 14.8 Å². The van der Waals surface area contributed by atoms with Crippen LogP contribution in [0.15, 0.2) is 36.4 Å². The molecule has 2 aromatic carbocycles. The molecule has 0 bridgehead atoms. The third-order valence-electron chi connectivity index (χ3n) is 3.09. The molecule has 21 heavy (non-hydrogen) atoms. The minimum Gasteiger partial charge on any atom is -0.454 e. The molecule has 0 spiro atoms. The maximum absolute atomic E-state index is 13.7. The van der Waals surface area contributed by atoms with Crippen molar-refractivity contribution in [3.8, 4) is 17.6 Å². The van der Waals surface area contributed by atoms with Crippen LogP contribution in [0.1, 0.15) is 11.6 Å². The molecule has 4 nitrogen and oxygen atoms in total. The smallest absolute Gasteiger partial charge is 0.231 e. The Morgan fingerprint density at radius 1 is 1.29 bits per heavy atom. The lowest BCUT2D eigenvalue weighted by molar-refractivity contribution is 0.174. The van der Waals surface area contributed by atoms with Crippen LogP contribution >= 0.6 is 11.6 Å². The molecule has 0 amide bonds. The van der Waals surface area contributed by atoms with E-state index in [2.05, 4.69) is 11.4 Å². The summed E-state index contributed by atoms with van der Waals surface area (Å²) in [5.74, 6) is 0.515. The molecule has 1 unspecified atom stereocenters. The Labute approximate surface area is 125 Å². The molecular weight excluding hydrogens is 295 g/mol. The lowest BCUT2D eigenvalue weighted by atomic mass is 10.1. The number of nitriles is 1. The number of rotatable bonds is 3. The van der Waals surface area contributed by atoms with Gasteiger partial charge in [0, 0.05) is 0 Å². The Kier molecular flexibility index (Phi) is 3.55. The van der Waals surface area contributed by atoms with Gasteiger partial charge in [-0.2, -0.15) is 5.26 Å². The van der Waals surface area contributed by atoms with Gasteiger partial charge in [-0.15, -0.1) is 0 Å². The van der Waals surface area contributed by atoms with Crippen LogP contribution in [0.3, 0.4) is 0 Å². The first-order valence-corrected chi connectivity index (χ1v) is 6.56.